The molecule has 0 fully saturated rings. The monoisotopic (exact) mass is 346 g/mol. The largest absolute Gasteiger partial charge is 0.433 e. The summed E-state index contributed by atoms with van der Waals surface area (Å²) in [5, 5.41) is 16.4. The molecule has 0 unspecified atom stereocenters. The summed E-state index contributed by atoms with van der Waals surface area (Å²) in [7, 11) is 0. The molecule has 0 saturated carbocycles. The van der Waals surface area contributed by atoms with Gasteiger partial charge in [-0.25, -0.2) is 0 Å². The summed E-state index contributed by atoms with van der Waals surface area (Å²) >= 11 is 5.75. The molecule has 0 aliphatic rings. The Hall–Kier alpha value is -2.75. The second-order valence-electron chi connectivity index (χ2n) is 4.20. The van der Waals surface area contributed by atoms with E-state index < -0.39 is 17.4 Å². The number of nitrogens with one attached hydrogen (secondary N) is 1. The van der Waals surface area contributed by atoms with E-state index in [0.29, 0.717) is 0 Å². The number of carbonyl (C=O) groups is 1. The third-order valence-corrected chi connectivity index (χ3v) is 2.85. The van der Waals surface area contributed by atoms with E-state index in [0.717, 1.165) is 10.7 Å². The molecule has 1 heterocycles. The number of hydrogen-bond acceptors (Lipinski definition) is 5. The van der Waals surface area contributed by atoms with Gasteiger partial charge in [-0.3, -0.25) is 4.79 Å². The number of nitrogens with zero attached hydrogens (tertiary/aromatic N) is 3. The van der Waals surface area contributed by atoms with Crippen LogP contribution in [-0.2, 0) is 11.3 Å². The second-order valence-corrected chi connectivity index (χ2v) is 4.61. The Morgan fingerprint density at radius 3 is 2.78 bits per heavy atom. The van der Waals surface area contributed by atoms with Gasteiger partial charge >= 0.3 is 12.4 Å². The van der Waals surface area contributed by atoms with Crippen LogP contribution in [0, 0.1) is 10.1 Å². The van der Waals surface area contributed by atoms with Crippen molar-refractivity contribution in [2.45, 2.75) is 13.2 Å². The summed E-state index contributed by atoms with van der Waals surface area (Å²) in [6.07, 6.45) is 1.28. The van der Waals surface area contributed by atoms with Crippen LogP contribution in [0.3, 0.4) is 0 Å². The van der Waals surface area contributed by atoms with Gasteiger partial charge in [-0.05, 0) is 23.1 Å². The van der Waals surface area contributed by atoms with E-state index >= 15 is 0 Å². The zero-order chi connectivity index (χ0) is 17.0. The van der Waals surface area contributed by atoms with Gasteiger partial charge in [0.15, 0.2) is 0 Å². The van der Waals surface area contributed by atoms with E-state index in [1.165, 1.54) is 24.4 Å². The fourth-order valence-corrected chi connectivity index (χ4v) is 1.88. The minimum absolute atomic E-state index is 0.0992. The van der Waals surface area contributed by atoms with E-state index in [1.807, 2.05) is 0 Å². The molecule has 0 radical (unpaired) electrons. The van der Waals surface area contributed by atoms with Crippen molar-refractivity contribution < 1.29 is 23.2 Å². The van der Waals surface area contributed by atoms with E-state index in [9.17, 15) is 23.7 Å². The number of benzene rings is 1. The van der Waals surface area contributed by atoms with Crippen molar-refractivity contribution in [3.05, 3.63) is 45.6 Å². The number of nitro groups is 1. The van der Waals surface area contributed by atoms with Gasteiger partial charge in [-0.2, -0.15) is 13.5 Å². The number of amides is 1. The van der Waals surface area contributed by atoms with E-state index in [4.69, 9.17) is 11.6 Å². The standard InChI is InChI=1S/C12H9ClF2N4O4/c13-8-5-7(1-2-9(8)23-12(14)15)16-11(20)6-18-4-3-10(17-18)19(21)22/h1-5,12H,6H2,(H,16,20). The highest BCUT2D eigenvalue weighted by atomic mass is 35.5. The highest BCUT2D eigenvalue weighted by Gasteiger charge is 2.14. The third-order valence-electron chi connectivity index (χ3n) is 2.55. The van der Waals surface area contributed by atoms with Crippen molar-refractivity contribution in [3.8, 4) is 5.75 Å². The van der Waals surface area contributed by atoms with Crippen LogP contribution in [0.5, 0.6) is 5.75 Å². The molecule has 1 N–H and O–H groups in total. The highest BCUT2D eigenvalue weighted by molar-refractivity contribution is 6.32. The second kappa shape index (κ2) is 7.01. The van der Waals surface area contributed by atoms with Gasteiger partial charge in [-0.1, -0.05) is 11.6 Å². The lowest BCUT2D eigenvalue weighted by molar-refractivity contribution is -0.389. The summed E-state index contributed by atoms with van der Waals surface area (Å²) in [4.78, 5) is 21.6. The summed E-state index contributed by atoms with van der Waals surface area (Å²) < 4.78 is 29.5. The maximum absolute atomic E-state index is 12.1. The fourth-order valence-electron chi connectivity index (χ4n) is 1.65. The van der Waals surface area contributed by atoms with Crippen molar-refractivity contribution in [3.63, 3.8) is 0 Å². The lowest BCUT2D eigenvalue weighted by Crippen LogP contribution is -2.19. The fraction of sp³-hybridized carbons (Fsp3) is 0.167. The predicted octanol–water partition coefficient (Wildman–Crippen LogP) is 2.68. The smallest absolute Gasteiger partial charge is 0.389 e. The quantitative estimate of drug-likeness (QED) is 0.640. The van der Waals surface area contributed by atoms with E-state index in [-0.39, 0.29) is 28.8 Å². The van der Waals surface area contributed by atoms with Crippen LogP contribution >= 0.6 is 11.6 Å². The molecule has 122 valence electrons. The first-order valence-electron chi connectivity index (χ1n) is 6.07. The first kappa shape index (κ1) is 16.6. The minimum atomic E-state index is -3.01. The molecule has 1 amide bonds. The molecule has 0 atom stereocenters. The molecule has 0 saturated heterocycles. The lowest BCUT2D eigenvalue weighted by atomic mass is 10.3. The average Bonchev–Trinajstić information content (AvgIpc) is 2.90. The molecule has 1 aromatic heterocycles. The van der Waals surface area contributed by atoms with Crippen LogP contribution in [0.25, 0.3) is 0 Å². The highest BCUT2D eigenvalue weighted by Crippen LogP contribution is 2.28. The molecule has 1 aromatic carbocycles. The van der Waals surface area contributed by atoms with Gasteiger partial charge < -0.3 is 20.2 Å². The Labute approximate surface area is 132 Å². The normalized spacial score (nSPS) is 10.6. The topological polar surface area (TPSA) is 99.3 Å². The maximum Gasteiger partial charge on any atom is 0.389 e. The molecule has 8 nitrogen and oxygen atoms in total. The van der Waals surface area contributed by atoms with E-state index in [1.54, 1.807) is 0 Å². The molecule has 11 heteroatoms. The molecule has 2 aromatic rings. The van der Waals surface area contributed by atoms with Crippen molar-refractivity contribution >= 4 is 29.0 Å². The molecule has 0 spiro atoms. The van der Waals surface area contributed by atoms with Gasteiger partial charge in [0.05, 0.1) is 22.4 Å². The van der Waals surface area contributed by atoms with Gasteiger partial charge in [0.25, 0.3) is 0 Å². The summed E-state index contributed by atoms with van der Waals surface area (Å²) in [6.45, 7) is -3.27. The van der Waals surface area contributed by atoms with Crippen molar-refractivity contribution in [2.24, 2.45) is 0 Å². The summed E-state index contributed by atoms with van der Waals surface area (Å²) in [5.74, 6) is -1.13. The first-order chi connectivity index (χ1) is 10.8. The van der Waals surface area contributed by atoms with E-state index in [2.05, 4.69) is 15.2 Å². The Kier molecular flexibility index (Phi) is 5.06. The molecule has 0 bridgehead atoms. The van der Waals surface area contributed by atoms with Crippen molar-refractivity contribution in [1.82, 2.24) is 9.78 Å². The zero-order valence-electron chi connectivity index (χ0n) is 11.3. The summed E-state index contributed by atoms with van der Waals surface area (Å²) in [5.41, 5.74) is 0.253. The van der Waals surface area contributed by atoms with Crippen LogP contribution in [-0.4, -0.2) is 27.2 Å². The lowest BCUT2D eigenvalue weighted by Gasteiger charge is -2.09. The summed E-state index contributed by atoms with van der Waals surface area (Å²) in [6, 6.07) is 4.90. The molecular weight excluding hydrogens is 338 g/mol. The Bertz CT molecular complexity index is 738. The van der Waals surface area contributed by atoms with Crippen molar-refractivity contribution in [1.29, 1.82) is 0 Å². The molecular formula is C12H9ClF2N4O4. The van der Waals surface area contributed by atoms with Crippen LogP contribution in [0.2, 0.25) is 5.02 Å². The van der Waals surface area contributed by atoms with Crippen molar-refractivity contribution in [2.75, 3.05) is 5.32 Å². The average molecular weight is 347 g/mol. The molecule has 0 aliphatic heterocycles. The number of hydrogen-bond donors (Lipinski definition) is 1. The Morgan fingerprint density at radius 2 is 2.22 bits per heavy atom. The Morgan fingerprint density at radius 1 is 1.48 bits per heavy atom. The molecule has 0 aliphatic carbocycles. The minimum Gasteiger partial charge on any atom is -0.433 e. The Balaban J connectivity index is 1.99. The van der Waals surface area contributed by atoms with Crippen LogP contribution < -0.4 is 10.1 Å². The number of aromatic nitrogens is 2. The molecule has 2 rings (SSSR count). The maximum atomic E-state index is 12.1. The van der Waals surface area contributed by atoms with Crippen LogP contribution in [0.15, 0.2) is 30.5 Å². The van der Waals surface area contributed by atoms with Gasteiger partial charge in [0.1, 0.15) is 12.3 Å². The number of carbonyl (C=O) groups excluding carboxylic acids is 1. The van der Waals surface area contributed by atoms with Gasteiger partial charge in [0.2, 0.25) is 5.91 Å². The number of ether oxygens (including phenoxy) is 1. The predicted molar refractivity (Wildman–Crippen MR) is 75.6 cm³/mol. The first-order valence-corrected chi connectivity index (χ1v) is 6.45. The van der Waals surface area contributed by atoms with Crippen LogP contribution in [0.1, 0.15) is 0 Å². The zero-order valence-corrected chi connectivity index (χ0v) is 12.0. The number of halogens is 3. The number of anilines is 1. The molecule has 23 heavy (non-hydrogen) atoms. The van der Waals surface area contributed by atoms with Crippen LogP contribution in [0.4, 0.5) is 20.3 Å². The van der Waals surface area contributed by atoms with Gasteiger partial charge in [0, 0.05) is 5.69 Å². The number of rotatable bonds is 6. The van der Waals surface area contributed by atoms with Gasteiger partial charge in [-0.15, -0.1) is 0 Å². The third kappa shape index (κ3) is 4.61. The SMILES string of the molecule is O=C(Cn1ccc([N+](=O)[O-])n1)Nc1ccc(OC(F)F)c(Cl)c1. The number of alkyl halides is 2.